The first-order valence-electron chi connectivity index (χ1n) is 10.9. The summed E-state index contributed by atoms with van der Waals surface area (Å²) in [4.78, 5) is 0. The second-order valence-electron chi connectivity index (χ2n) is 8.92. The molecule has 0 radical (unpaired) electrons. The fourth-order valence-corrected chi connectivity index (χ4v) is 4.74. The van der Waals surface area contributed by atoms with Crippen molar-refractivity contribution in [2.45, 2.75) is 45.2 Å². The molecule has 0 aliphatic carbocycles. The van der Waals surface area contributed by atoms with Gasteiger partial charge in [0.2, 0.25) is 0 Å². The minimum absolute atomic E-state index is 0.00659. The maximum Gasteiger partial charge on any atom is 0.0991 e. The Bertz CT molecular complexity index is 1170. The van der Waals surface area contributed by atoms with Crippen LogP contribution in [0.1, 0.15) is 55.0 Å². The molecular formula is C28H27ClIN3. The molecule has 0 aliphatic rings. The largest absolute Gasteiger partial charge is 0.305 e. The predicted molar refractivity (Wildman–Crippen MR) is 143 cm³/mol. The van der Waals surface area contributed by atoms with Gasteiger partial charge in [-0.1, -0.05) is 54.1 Å². The zero-order valence-electron chi connectivity index (χ0n) is 19.0. The fourth-order valence-electron chi connectivity index (χ4n) is 4.14. The summed E-state index contributed by atoms with van der Waals surface area (Å²) in [7, 11) is 0. The maximum absolute atomic E-state index is 9.94. The van der Waals surface area contributed by atoms with Crippen molar-refractivity contribution in [2.24, 2.45) is 5.41 Å². The van der Waals surface area contributed by atoms with E-state index in [2.05, 4.69) is 77.3 Å². The first-order chi connectivity index (χ1) is 15.7. The van der Waals surface area contributed by atoms with Gasteiger partial charge in [0.1, 0.15) is 0 Å². The highest BCUT2D eigenvalue weighted by Crippen LogP contribution is 2.38. The summed E-state index contributed by atoms with van der Waals surface area (Å²) >= 11 is 8.87. The van der Waals surface area contributed by atoms with Crippen LogP contribution in [0.25, 0.3) is 0 Å². The molecule has 0 heterocycles. The van der Waals surface area contributed by atoms with Gasteiger partial charge in [-0.3, -0.25) is 0 Å². The first-order valence-corrected chi connectivity index (χ1v) is 12.4. The molecule has 0 aliphatic heterocycles. The van der Waals surface area contributed by atoms with Crippen molar-refractivity contribution in [3.63, 3.8) is 0 Å². The van der Waals surface area contributed by atoms with Gasteiger partial charge in [-0.05, 0) is 96.8 Å². The van der Waals surface area contributed by atoms with E-state index in [9.17, 15) is 10.5 Å². The van der Waals surface area contributed by atoms with Gasteiger partial charge in [-0.2, -0.15) is 10.5 Å². The second kappa shape index (κ2) is 11.2. The topological polar surface area (TPSA) is 59.6 Å². The predicted octanol–water partition coefficient (Wildman–Crippen LogP) is 7.41. The highest BCUT2D eigenvalue weighted by Gasteiger charge is 2.35. The molecule has 5 heteroatoms. The molecule has 0 fully saturated rings. The molecule has 3 atom stereocenters. The fraction of sp³-hybridized carbons (Fsp3) is 0.286. The molecule has 0 bridgehead atoms. The van der Waals surface area contributed by atoms with Crippen LogP contribution in [0.5, 0.6) is 0 Å². The van der Waals surface area contributed by atoms with Crippen molar-refractivity contribution < 1.29 is 0 Å². The molecule has 0 aromatic heterocycles. The number of hydrogen-bond donors (Lipinski definition) is 1. The molecule has 0 amide bonds. The zero-order chi connectivity index (χ0) is 24.0. The second-order valence-corrected chi connectivity index (χ2v) is 10.6. The molecule has 1 N–H and O–H groups in total. The van der Waals surface area contributed by atoms with Crippen molar-refractivity contribution in [3.05, 3.63) is 104 Å². The molecule has 3 rings (SSSR count). The van der Waals surface area contributed by atoms with Crippen LogP contribution in [0.2, 0.25) is 5.02 Å². The lowest BCUT2D eigenvalue weighted by Crippen LogP contribution is -2.42. The van der Waals surface area contributed by atoms with E-state index < -0.39 is 5.41 Å². The zero-order valence-corrected chi connectivity index (χ0v) is 21.9. The van der Waals surface area contributed by atoms with Crippen LogP contribution >= 0.6 is 34.2 Å². The lowest BCUT2D eigenvalue weighted by atomic mass is 9.79. The molecule has 1 unspecified atom stereocenters. The molecule has 168 valence electrons. The summed E-state index contributed by atoms with van der Waals surface area (Å²) in [5, 5.41) is 23.8. The number of rotatable bonds is 8. The minimum Gasteiger partial charge on any atom is -0.305 e. The van der Waals surface area contributed by atoms with Crippen LogP contribution in [0.3, 0.4) is 0 Å². The third kappa shape index (κ3) is 6.36. The Morgan fingerprint density at radius 3 is 2.33 bits per heavy atom. The standard InChI is InChI=1S/C28H27ClIN3/c1-19(33-27(28(2,3)18-32)24-9-4-5-10-26(24)29)25(16-20-11-13-23(30)14-12-20)22-8-6-7-21(15-22)17-31/h4-15,19,25,27,33H,16H2,1-3H3/t19-,25+,27?/m0/s1. The van der Waals surface area contributed by atoms with Crippen molar-refractivity contribution >= 4 is 34.2 Å². The molecule has 3 nitrogen and oxygen atoms in total. The minimum atomic E-state index is -0.679. The maximum atomic E-state index is 9.94. The summed E-state index contributed by atoms with van der Waals surface area (Å²) in [5.41, 5.74) is 3.20. The molecule has 33 heavy (non-hydrogen) atoms. The molecule has 0 saturated heterocycles. The lowest BCUT2D eigenvalue weighted by molar-refractivity contribution is 0.281. The van der Waals surface area contributed by atoms with E-state index in [1.54, 1.807) is 0 Å². The monoisotopic (exact) mass is 567 g/mol. The Kier molecular flexibility index (Phi) is 8.54. The van der Waals surface area contributed by atoms with E-state index in [4.69, 9.17) is 11.6 Å². The summed E-state index contributed by atoms with van der Waals surface area (Å²) in [6, 6.07) is 28.5. The van der Waals surface area contributed by atoms with E-state index in [1.165, 1.54) is 9.13 Å². The highest BCUT2D eigenvalue weighted by atomic mass is 127. The summed E-state index contributed by atoms with van der Waals surface area (Å²) in [6.45, 7) is 6.02. The number of nitriles is 2. The van der Waals surface area contributed by atoms with Crippen LogP contribution in [-0.4, -0.2) is 6.04 Å². The van der Waals surface area contributed by atoms with Crippen LogP contribution in [0.4, 0.5) is 0 Å². The Labute approximate surface area is 215 Å². The van der Waals surface area contributed by atoms with Crippen LogP contribution in [0, 0.1) is 31.6 Å². The number of nitrogens with zero attached hydrogens (tertiary/aromatic N) is 2. The van der Waals surface area contributed by atoms with Crippen molar-refractivity contribution in [1.29, 1.82) is 10.5 Å². The Hall–Kier alpha value is -2.38. The van der Waals surface area contributed by atoms with Crippen molar-refractivity contribution in [3.8, 4) is 12.1 Å². The molecular weight excluding hydrogens is 541 g/mol. The number of hydrogen-bond acceptors (Lipinski definition) is 3. The SMILES string of the molecule is C[C@H](NC(c1ccccc1Cl)C(C)(C)C#N)[C@@H](Cc1ccc(I)cc1)c1cccc(C#N)c1. The normalized spacial score (nSPS) is 14.0. The first kappa shape index (κ1) is 25.2. The third-order valence-corrected chi connectivity index (χ3v) is 7.14. The Morgan fingerprint density at radius 1 is 1.00 bits per heavy atom. The van der Waals surface area contributed by atoms with Gasteiger partial charge in [0.25, 0.3) is 0 Å². The lowest BCUT2D eigenvalue weighted by Gasteiger charge is -2.36. The van der Waals surface area contributed by atoms with Gasteiger partial charge < -0.3 is 5.32 Å². The van der Waals surface area contributed by atoms with Crippen LogP contribution < -0.4 is 5.32 Å². The molecule has 0 saturated carbocycles. The third-order valence-electron chi connectivity index (χ3n) is 6.07. The Morgan fingerprint density at radius 2 is 1.70 bits per heavy atom. The van der Waals surface area contributed by atoms with Gasteiger partial charge in [0.05, 0.1) is 29.2 Å². The quantitative estimate of drug-likeness (QED) is 0.288. The average molecular weight is 568 g/mol. The average Bonchev–Trinajstić information content (AvgIpc) is 2.82. The van der Waals surface area contributed by atoms with Crippen LogP contribution in [-0.2, 0) is 6.42 Å². The van der Waals surface area contributed by atoms with Crippen molar-refractivity contribution in [2.75, 3.05) is 0 Å². The summed E-state index contributed by atoms with van der Waals surface area (Å²) in [5.74, 6) is 0.0952. The number of nitrogens with one attached hydrogen (secondary N) is 1. The van der Waals surface area contributed by atoms with Gasteiger partial charge in [0, 0.05) is 20.6 Å². The van der Waals surface area contributed by atoms with Gasteiger partial charge in [0.15, 0.2) is 0 Å². The van der Waals surface area contributed by atoms with E-state index in [-0.39, 0.29) is 18.0 Å². The molecule has 0 spiro atoms. The van der Waals surface area contributed by atoms with E-state index in [0.29, 0.717) is 10.6 Å². The van der Waals surface area contributed by atoms with E-state index in [1.807, 2.05) is 56.3 Å². The number of halogens is 2. The highest BCUT2D eigenvalue weighted by molar-refractivity contribution is 14.1. The molecule has 3 aromatic rings. The van der Waals surface area contributed by atoms with E-state index in [0.717, 1.165) is 17.5 Å². The van der Waals surface area contributed by atoms with E-state index >= 15 is 0 Å². The van der Waals surface area contributed by atoms with Gasteiger partial charge in [-0.15, -0.1) is 0 Å². The number of benzene rings is 3. The van der Waals surface area contributed by atoms with Gasteiger partial charge in [-0.25, -0.2) is 0 Å². The van der Waals surface area contributed by atoms with Crippen LogP contribution in [0.15, 0.2) is 72.8 Å². The smallest absolute Gasteiger partial charge is 0.0991 e. The summed E-state index contributed by atoms with van der Waals surface area (Å²) in [6.07, 6.45) is 0.808. The van der Waals surface area contributed by atoms with Crippen molar-refractivity contribution in [1.82, 2.24) is 5.32 Å². The van der Waals surface area contributed by atoms with Gasteiger partial charge >= 0.3 is 0 Å². The molecule has 3 aromatic carbocycles. The summed E-state index contributed by atoms with van der Waals surface area (Å²) < 4.78 is 1.19. The Balaban J connectivity index is 2.00.